The van der Waals surface area contributed by atoms with E-state index in [0.717, 1.165) is 0 Å². The lowest BCUT2D eigenvalue weighted by atomic mass is 10.0. The number of nitrogen functional groups attached to an aromatic ring is 1. The summed E-state index contributed by atoms with van der Waals surface area (Å²) in [6.45, 7) is 0. The van der Waals surface area contributed by atoms with Gasteiger partial charge in [0.05, 0.1) is 34.3 Å². The normalized spacial score (nSPS) is 11.5. The van der Waals surface area contributed by atoms with Gasteiger partial charge in [0.15, 0.2) is 9.84 Å². The molecular weight excluding hydrogens is 476 g/mol. The number of pyridine rings is 1. The van der Waals surface area contributed by atoms with Crippen molar-refractivity contribution in [1.29, 1.82) is 0 Å². The van der Waals surface area contributed by atoms with Crippen LogP contribution in [-0.4, -0.2) is 30.1 Å². The Hall–Kier alpha value is -4.50. The summed E-state index contributed by atoms with van der Waals surface area (Å²) < 4.78 is 32.7. The summed E-state index contributed by atoms with van der Waals surface area (Å²) in [7, 11) is -2.18. The predicted octanol–water partition coefficient (Wildman–Crippen LogP) is 4.01. The van der Waals surface area contributed by atoms with Crippen molar-refractivity contribution in [2.75, 3.05) is 12.8 Å². The van der Waals surface area contributed by atoms with Gasteiger partial charge in [-0.1, -0.05) is 42.5 Å². The molecule has 0 aliphatic carbocycles. The van der Waals surface area contributed by atoms with E-state index in [-0.39, 0.29) is 28.0 Å². The van der Waals surface area contributed by atoms with E-state index in [2.05, 4.69) is 9.97 Å². The quantitative estimate of drug-likeness (QED) is 0.376. The van der Waals surface area contributed by atoms with Crippen LogP contribution in [0.3, 0.4) is 0 Å². The van der Waals surface area contributed by atoms with E-state index in [1.54, 1.807) is 72.9 Å². The number of sulfone groups is 1. The van der Waals surface area contributed by atoms with Gasteiger partial charge in [0, 0.05) is 17.3 Å². The highest BCUT2D eigenvalue weighted by Crippen LogP contribution is 2.29. The summed E-state index contributed by atoms with van der Waals surface area (Å²) in [4.78, 5) is 22.3. The molecule has 180 valence electrons. The lowest BCUT2D eigenvalue weighted by Crippen LogP contribution is -2.23. The first kappa shape index (κ1) is 23.3. The van der Waals surface area contributed by atoms with Crippen LogP contribution in [0.25, 0.3) is 27.7 Å². The molecule has 2 aromatic heterocycles. The average molecular weight is 499 g/mol. The second kappa shape index (κ2) is 9.27. The molecule has 0 unspecified atom stereocenters. The van der Waals surface area contributed by atoms with Crippen molar-refractivity contribution < 1.29 is 13.2 Å². The van der Waals surface area contributed by atoms with Crippen molar-refractivity contribution in [2.45, 2.75) is 10.6 Å². The number of aromatic nitrogens is 3. The molecule has 3 aromatic carbocycles. The standard InChI is InChI=1S/C27H22N4O4S/c1-35-25-20(17-36(33,34)22-10-6-3-7-11-22)14-19(16-29-25)18-12-13-24-23(15-18)26(32)31(27(28)30-24)21-8-4-2-5-9-21/h2-16H,17H2,1H3,(H2,28,30). The fourth-order valence-electron chi connectivity index (χ4n) is 4.07. The number of methoxy groups -OCH3 is 1. The van der Waals surface area contributed by atoms with Crippen LogP contribution in [-0.2, 0) is 15.6 Å². The van der Waals surface area contributed by atoms with Crippen molar-refractivity contribution in [3.63, 3.8) is 0 Å². The van der Waals surface area contributed by atoms with E-state index < -0.39 is 9.84 Å². The maximum absolute atomic E-state index is 13.4. The van der Waals surface area contributed by atoms with Crippen molar-refractivity contribution >= 4 is 26.7 Å². The molecule has 5 rings (SSSR count). The Morgan fingerprint density at radius 2 is 1.61 bits per heavy atom. The molecule has 9 heteroatoms. The van der Waals surface area contributed by atoms with Crippen LogP contribution in [0.1, 0.15) is 5.56 Å². The first-order valence-corrected chi connectivity index (χ1v) is 12.7. The lowest BCUT2D eigenvalue weighted by molar-refractivity contribution is 0.394. The molecule has 0 saturated heterocycles. The molecule has 0 spiro atoms. The first-order valence-electron chi connectivity index (χ1n) is 11.1. The van der Waals surface area contributed by atoms with Crippen LogP contribution in [0, 0.1) is 0 Å². The van der Waals surface area contributed by atoms with Crippen LogP contribution in [0.4, 0.5) is 5.95 Å². The Labute approximate surface area is 207 Å². The molecule has 5 aromatic rings. The third-order valence-electron chi connectivity index (χ3n) is 5.81. The summed E-state index contributed by atoms with van der Waals surface area (Å²) in [6.07, 6.45) is 1.58. The molecular formula is C27H22N4O4S. The zero-order valence-corrected chi connectivity index (χ0v) is 20.1. The number of hydrogen-bond donors (Lipinski definition) is 1. The maximum Gasteiger partial charge on any atom is 0.267 e. The zero-order chi connectivity index (χ0) is 25.3. The molecule has 8 nitrogen and oxygen atoms in total. The molecule has 36 heavy (non-hydrogen) atoms. The Kier molecular flexibility index (Phi) is 5.99. The molecule has 0 fully saturated rings. The second-order valence-corrected chi connectivity index (χ2v) is 10.1. The monoisotopic (exact) mass is 498 g/mol. The summed E-state index contributed by atoms with van der Waals surface area (Å²) in [5, 5.41) is 0.375. The van der Waals surface area contributed by atoms with Crippen LogP contribution < -0.4 is 16.0 Å². The molecule has 0 atom stereocenters. The minimum absolute atomic E-state index is 0.0889. The number of fused-ring (bicyclic) bond motifs is 1. The Morgan fingerprint density at radius 1 is 0.917 bits per heavy atom. The Balaban J connectivity index is 1.60. The third kappa shape index (κ3) is 4.32. The van der Waals surface area contributed by atoms with E-state index in [0.29, 0.717) is 33.3 Å². The zero-order valence-electron chi connectivity index (χ0n) is 19.3. The topological polar surface area (TPSA) is 117 Å². The number of benzene rings is 3. The molecule has 0 aliphatic heterocycles. The van der Waals surface area contributed by atoms with Crippen LogP contribution in [0.5, 0.6) is 5.88 Å². The first-order chi connectivity index (χ1) is 17.4. The third-order valence-corrected chi connectivity index (χ3v) is 7.49. The predicted molar refractivity (Wildman–Crippen MR) is 139 cm³/mol. The number of nitrogens with two attached hydrogens (primary N) is 1. The van der Waals surface area contributed by atoms with Gasteiger partial charge in [-0.25, -0.2) is 23.0 Å². The van der Waals surface area contributed by atoms with Gasteiger partial charge in [0.2, 0.25) is 11.8 Å². The molecule has 0 radical (unpaired) electrons. The van der Waals surface area contributed by atoms with Gasteiger partial charge < -0.3 is 10.5 Å². The molecule has 0 amide bonds. The Bertz CT molecular complexity index is 1740. The van der Waals surface area contributed by atoms with Crippen molar-refractivity contribution in [1.82, 2.24) is 14.5 Å². The number of para-hydroxylation sites is 1. The van der Waals surface area contributed by atoms with Gasteiger partial charge in [0.1, 0.15) is 0 Å². The summed E-state index contributed by atoms with van der Waals surface area (Å²) in [5.74, 6) is 0.0268. The van der Waals surface area contributed by atoms with Crippen molar-refractivity contribution in [3.05, 3.63) is 107 Å². The summed E-state index contributed by atoms with van der Waals surface area (Å²) in [6, 6.07) is 24.2. The highest BCUT2D eigenvalue weighted by atomic mass is 32.2. The van der Waals surface area contributed by atoms with Crippen molar-refractivity contribution in [3.8, 4) is 22.7 Å². The maximum atomic E-state index is 13.4. The van der Waals surface area contributed by atoms with Crippen LogP contribution in [0.15, 0.2) is 101 Å². The van der Waals surface area contributed by atoms with Crippen LogP contribution in [0.2, 0.25) is 0 Å². The highest BCUT2D eigenvalue weighted by Gasteiger charge is 2.20. The summed E-state index contributed by atoms with van der Waals surface area (Å²) in [5.41, 5.74) is 8.59. The van der Waals surface area contributed by atoms with Gasteiger partial charge in [0.25, 0.3) is 5.56 Å². The van der Waals surface area contributed by atoms with Gasteiger partial charge in [-0.15, -0.1) is 0 Å². The molecule has 0 saturated carbocycles. The van der Waals surface area contributed by atoms with E-state index >= 15 is 0 Å². The van der Waals surface area contributed by atoms with Crippen molar-refractivity contribution in [2.24, 2.45) is 0 Å². The number of nitrogens with zero attached hydrogens (tertiary/aromatic N) is 3. The highest BCUT2D eigenvalue weighted by molar-refractivity contribution is 7.90. The minimum Gasteiger partial charge on any atom is -0.481 e. The smallest absolute Gasteiger partial charge is 0.267 e. The van der Waals surface area contributed by atoms with Gasteiger partial charge in [-0.2, -0.15) is 0 Å². The van der Waals surface area contributed by atoms with Crippen LogP contribution >= 0.6 is 0 Å². The van der Waals surface area contributed by atoms with E-state index in [4.69, 9.17) is 10.5 Å². The van der Waals surface area contributed by atoms with Gasteiger partial charge in [-0.3, -0.25) is 4.79 Å². The number of anilines is 1. The van der Waals surface area contributed by atoms with Gasteiger partial charge in [-0.05, 0) is 48.0 Å². The molecule has 2 heterocycles. The largest absolute Gasteiger partial charge is 0.481 e. The fourth-order valence-corrected chi connectivity index (χ4v) is 5.42. The number of rotatable bonds is 6. The summed E-state index contributed by atoms with van der Waals surface area (Å²) >= 11 is 0. The van der Waals surface area contributed by atoms with E-state index in [1.165, 1.54) is 11.7 Å². The molecule has 0 bridgehead atoms. The molecule has 2 N–H and O–H groups in total. The second-order valence-electron chi connectivity index (χ2n) is 8.14. The number of ether oxygens (including phenoxy) is 1. The average Bonchev–Trinajstić information content (AvgIpc) is 2.89. The minimum atomic E-state index is -3.62. The SMILES string of the molecule is COc1ncc(-c2ccc3nc(N)n(-c4ccccc4)c(=O)c3c2)cc1CS(=O)(=O)c1ccccc1. The Morgan fingerprint density at radius 3 is 2.31 bits per heavy atom. The lowest BCUT2D eigenvalue weighted by Gasteiger charge is -2.13. The van der Waals surface area contributed by atoms with Gasteiger partial charge >= 0.3 is 0 Å². The van der Waals surface area contributed by atoms with E-state index in [9.17, 15) is 13.2 Å². The molecule has 0 aliphatic rings. The fraction of sp³-hybridized carbons (Fsp3) is 0.0741. The van der Waals surface area contributed by atoms with E-state index in [1.807, 2.05) is 18.2 Å². The number of hydrogen-bond acceptors (Lipinski definition) is 7.